The van der Waals surface area contributed by atoms with Gasteiger partial charge in [0.15, 0.2) is 0 Å². The number of alkyl halides is 1. The number of benzene rings is 1. The number of hydrogen-bond acceptors (Lipinski definition) is 1. The fraction of sp³-hybridized carbons (Fsp3) is 0.562. The van der Waals surface area contributed by atoms with Crippen LogP contribution >= 0.6 is 11.6 Å². The van der Waals surface area contributed by atoms with Crippen molar-refractivity contribution in [2.75, 3.05) is 0 Å². The molecule has 0 N–H and O–H groups in total. The summed E-state index contributed by atoms with van der Waals surface area (Å²) in [4.78, 5) is 4.68. The lowest BCUT2D eigenvalue weighted by Crippen LogP contribution is -2.20. The molecule has 1 atom stereocenters. The summed E-state index contributed by atoms with van der Waals surface area (Å²) in [6.07, 6.45) is 6.83. The van der Waals surface area contributed by atoms with Crippen LogP contribution in [0.1, 0.15) is 50.9 Å². The van der Waals surface area contributed by atoms with Crippen molar-refractivity contribution in [2.45, 2.75) is 50.9 Å². The van der Waals surface area contributed by atoms with Gasteiger partial charge in [-0.15, -0.1) is 11.6 Å². The number of nitrogens with zero attached hydrogens (tertiary/aromatic N) is 2. The fourth-order valence-electron chi connectivity index (χ4n) is 3.47. The maximum atomic E-state index is 6.10. The molecule has 1 aliphatic rings. The van der Waals surface area contributed by atoms with Crippen molar-refractivity contribution >= 4 is 22.6 Å². The van der Waals surface area contributed by atoms with Crippen molar-refractivity contribution in [3.05, 3.63) is 30.1 Å². The second kappa shape index (κ2) is 5.54. The lowest BCUT2D eigenvalue weighted by molar-refractivity contribution is 0.265. The number of halogens is 1. The average molecular weight is 277 g/mol. The molecule has 2 aromatic rings. The van der Waals surface area contributed by atoms with Crippen LogP contribution in [0.15, 0.2) is 24.3 Å². The van der Waals surface area contributed by atoms with Crippen LogP contribution in [0.2, 0.25) is 0 Å². The average Bonchev–Trinajstić information content (AvgIpc) is 2.86. The third-order valence-electron chi connectivity index (χ3n) is 4.53. The molecule has 1 fully saturated rings. The Kier molecular flexibility index (Phi) is 3.79. The van der Waals surface area contributed by atoms with Crippen LogP contribution in [-0.2, 0) is 5.88 Å². The van der Waals surface area contributed by atoms with E-state index in [1.807, 2.05) is 6.07 Å². The highest BCUT2D eigenvalue weighted by Gasteiger charge is 2.24. The minimum absolute atomic E-state index is 0.492. The standard InChI is InChI=1S/C16H21ClN2/c1-12(13-7-3-2-4-8-13)19-15-10-6-5-9-14(15)18-16(19)11-17/h5-6,9-10,12-13H,2-4,7-8,11H2,1H3. The first-order valence-corrected chi connectivity index (χ1v) is 7.86. The van der Waals surface area contributed by atoms with Crippen molar-refractivity contribution in [1.82, 2.24) is 9.55 Å². The van der Waals surface area contributed by atoms with E-state index in [1.54, 1.807) is 0 Å². The summed E-state index contributed by atoms with van der Waals surface area (Å²) in [5, 5.41) is 0. The molecule has 1 aromatic carbocycles. The van der Waals surface area contributed by atoms with Crippen molar-refractivity contribution in [3.8, 4) is 0 Å². The summed E-state index contributed by atoms with van der Waals surface area (Å²) >= 11 is 6.10. The molecule has 3 heteroatoms. The number of aromatic nitrogens is 2. The van der Waals surface area contributed by atoms with Gasteiger partial charge in [0.2, 0.25) is 0 Å². The SMILES string of the molecule is CC(C1CCCCC1)n1c(CCl)nc2ccccc21. The molecule has 19 heavy (non-hydrogen) atoms. The molecule has 0 radical (unpaired) electrons. The normalized spacial score (nSPS) is 18.8. The third kappa shape index (κ3) is 2.38. The molecule has 1 unspecified atom stereocenters. The van der Waals surface area contributed by atoms with E-state index in [4.69, 9.17) is 11.6 Å². The molecular weight excluding hydrogens is 256 g/mol. The predicted octanol–water partition coefficient (Wildman–Crippen LogP) is 4.92. The van der Waals surface area contributed by atoms with Crippen LogP contribution in [-0.4, -0.2) is 9.55 Å². The van der Waals surface area contributed by atoms with E-state index in [1.165, 1.54) is 37.6 Å². The van der Waals surface area contributed by atoms with Crippen LogP contribution in [0.5, 0.6) is 0 Å². The van der Waals surface area contributed by atoms with Gasteiger partial charge in [-0.25, -0.2) is 4.98 Å². The maximum absolute atomic E-state index is 6.10. The summed E-state index contributed by atoms with van der Waals surface area (Å²) in [7, 11) is 0. The predicted molar refractivity (Wildman–Crippen MR) is 80.6 cm³/mol. The van der Waals surface area contributed by atoms with E-state index < -0.39 is 0 Å². The van der Waals surface area contributed by atoms with Gasteiger partial charge in [-0.05, 0) is 37.8 Å². The number of hydrogen-bond donors (Lipinski definition) is 0. The van der Waals surface area contributed by atoms with Gasteiger partial charge >= 0.3 is 0 Å². The zero-order valence-corrected chi connectivity index (χ0v) is 12.2. The van der Waals surface area contributed by atoms with E-state index in [2.05, 4.69) is 34.7 Å². The number of rotatable bonds is 3. The smallest absolute Gasteiger partial charge is 0.125 e. The Hall–Kier alpha value is -1.02. The molecule has 0 aliphatic heterocycles. The Labute approximate surface area is 119 Å². The lowest BCUT2D eigenvalue weighted by atomic mass is 9.84. The molecule has 0 spiro atoms. The highest BCUT2D eigenvalue weighted by Crippen LogP contribution is 2.35. The Bertz CT molecular complexity index is 555. The largest absolute Gasteiger partial charge is 0.324 e. The first kappa shape index (κ1) is 13.0. The van der Waals surface area contributed by atoms with Gasteiger partial charge in [-0.1, -0.05) is 31.4 Å². The molecule has 102 valence electrons. The van der Waals surface area contributed by atoms with Crippen LogP contribution in [0, 0.1) is 5.92 Å². The quantitative estimate of drug-likeness (QED) is 0.728. The second-order valence-electron chi connectivity index (χ2n) is 5.66. The summed E-state index contributed by atoms with van der Waals surface area (Å²) in [5.41, 5.74) is 2.30. The molecule has 0 amide bonds. The molecule has 1 heterocycles. The zero-order valence-electron chi connectivity index (χ0n) is 11.5. The summed E-state index contributed by atoms with van der Waals surface area (Å²) in [6.45, 7) is 2.33. The lowest BCUT2D eigenvalue weighted by Gasteiger charge is -2.30. The van der Waals surface area contributed by atoms with Gasteiger partial charge in [0, 0.05) is 6.04 Å². The zero-order chi connectivity index (χ0) is 13.2. The number of imidazole rings is 1. The van der Waals surface area contributed by atoms with Crippen LogP contribution in [0.4, 0.5) is 0 Å². The summed E-state index contributed by atoms with van der Waals surface area (Å²) in [5.74, 6) is 2.28. The van der Waals surface area contributed by atoms with Crippen LogP contribution < -0.4 is 0 Å². The molecule has 2 nitrogen and oxygen atoms in total. The van der Waals surface area contributed by atoms with Gasteiger partial charge in [-0.3, -0.25) is 0 Å². The van der Waals surface area contributed by atoms with Gasteiger partial charge in [0.25, 0.3) is 0 Å². The highest BCUT2D eigenvalue weighted by atomic mass is 35.5. The topological polar surface area (TPSA) is 17.8 Å². The van der Waals surface area contributed by atoms with E-state index >= 15 is 0 Å². The number of fused-ring (bicyclic) bond motifs is 1. The van der Waals surface area contributed by atoms with Crippen molar-refractivity contribution in [3.63, 3.8) is 0 Å². The van der Waals surface area contributed by atoms with Crippen molar-refractivity contribution < 1.29 is 0 Å². The highest BCUT2D eigenvalue weighted by molar-refractivity contribution is 6.16. The van der Waals surface area contributed by atoms with Gasteiger partial charge in [0.1, 0.15) is 5.82 Å². The molecule has 0 bridgehead atoms. The fourth-order valence-corrected chi connectivity index (χ4v) is 3.66. The van der Waals surface area contributed by atoms with Crippen LogP contribution in [0.3, 0.4) is 0 Å². The van der Waals surface area contributed by atoms with Gasteiger partial charge < -0.3 is 4.57 Å². The second-order valence-corrected chi connectivity index (χ2v) is 5.93. The minimum Gasteiger partial charge on any atom is -0.324 e. The first-order chi connectivity index (χ1) is 9.31. The molecule has 1 aliphatic carbocycles. The summed E-state index contributed by atoms with van der Waals surface area (Å²) in [6, 6.07) is 8.88. The van der Waals surface area contributed by atoms with E-state index in [-0.39, 0.29) is 0 Å². The Balaban J connectivity index is 2.02. The van der Waals surface area contributed by atoms with E-state index in [0.717, 1.165) is 17.3 Å². The molecule has 3 rings (SSSR count). The Morgan fingerprint density at radius 3 is 2.74 bits per heavy atom. The van der Waals surface area contributed by atoms with E-state index in [9.17, 15) is 0 Å². The van der Waals surface area contributed by atoms with Gasteiger partial charge in [0.05, 0.1) is 16.9 Å². The molecule has 1 aromatic heterocycles. The first-order valence-electron chi connectivity index (χ1n) is 7.33. The van der Waals surface area contributed by atoms with Crippen molar-refractivity contribution in [1.29, 1.82) is 0 Å². The Morgan fingerprint density at radius 1 is 1.26 bits per heavy atom. The van der Waals surface area contributed by atoms with Gasteiger partial charge in [-0.2, -0.15) is 0 Å². The minimum atomic E-state index is 0.492. The monoisotopic (exact) mass is 276 g/mol. The number of para-hydroxylation sites is 2. The van der Waals surface area contributed by atoms with Crippen LogP contribution in [0.25, 0.3) is 11.0 Å². The molecular formula is C16H21ClN2. The maximum Gasteiger partial charge on any atom is 0.125 e. The summed E-state index contributed by atoms with van der Waals surface area (Å²) < 4.78 is 2.37. The van der Waals surface area contributed by atoms with E-state index in [0.29, 0.717) is 11.9 Å². The Morgan fingerprint density at radius 2 is 2.00 bits per heavy atom. The van der Waals surface area contributed by atoms with Crippen molar-refractivity contribution in [2.24, 2.45) is 5.92 Å². The molecule has 0 saturated heterocycles. The third-order valence-corrected chi connectivity index (χ3v) is 4.77. The molecule has 1 saturated carbocycles.